The van der Waals surface area contributed by atoms with Gasteiger partial charge in [-0.05, 0) is 13.0 Å². The average Bonchev–Trinajstić information content (AvgIpc) is 2.33. The quantitative estimate of drug-likeness (QED) is 0.788. The number of halogens is 1. The topological polar surface area (TPSA) is 72.2 Å². The van der Waals surface area contributed by atoms with Crippen LogP contribution in [0, 0.1) is 0 Å². The van der Waals surface area contributed by atoms with Crippen molar-refractivity contribution in [1.29, 1.82) is 0 Å². The van der Waals surface area contributed by atoms with E-state index in [0.29, 0.717) is 5.69 Å². The van der Waals surface area contributed by atoms with E-state index in [1.807, 2.05) is 0 Å². The number of aromatic nitrogens is 2. The third-order valence-corrected chi connectivity index (χ3v) is 2.96. The Morgan fingerprint density at radius 2 is 2.21 bits per heavy atom. The van der Waals surface area contributed by atoms with Crippen LogP contribution in [-0.2, 0) is 23.6 Å². The molecule has 0 bridgehead atoms. The van der Waals surface area contributed by atoms with Crippen LogP contribution in [-0.4, -0.2) is 28.0 Å². The summed E-state index contributed by atoms with van der Waals surface area (Å²) in [5.74, 6) is 0. The average molecular weight is 241 g/mol. The van der Waals surface area contributed by atoms with Gasteiger partial charge in [-0.1, -0.05) is 0 Å². The predicted molar refractivity (Wildman–Crippen MR) is 55.2 cm³/mol. The lowest BCUT2D eigenvalue weighted by Gasteiger charge is -2.04. The van der Waals surface area contributed by atoms with Crippen LogP contribution < -0.4 is 0 Å². The van der Waals surface area contributed by atoms with Gasteiger partial charge in [-0.3, -0.25) is 9.23 Å². The Labute approximate surface area is 89.3 Å². The van der Waals surface area contributed by atoms with E-state index in [9.17, 15) is 8.42 Å². The molecule has 0 saturated heterocycles. The highest BCUT2D eigenvalue weighted by Gasteiger charge is 2.18. The fourth-order valence-electron chi connectivity index (χ4n) is 0.972. The summed E-state index contributed by atoms with van der Waals surface area (Å²) in [6.45, 7) is 1.45. The van der Waals surface area contributed by atoms with Crippen molar-refractivity contribution in [3.05, 3.63) is 18.0 Å². The van der Waals surface area contributed by atoms with Gasteiger partial charge in [0, 0.05) is 19.7 Å². The highest BCUT2D eigenvalue weighted by molar-refractivity contribution is 7.86. The molecule has 1 heterocycles. The van der Waals surface area contributed by atoms with Crippen LogP contribution in [0.4, 0.5) is 0 Å². The summed E-state index contributed by atoms with van der Waals surface area (Å²) in [4.78, 5) is 0. The molecule has 14 heavy (non-hydrogen) atoms. The summed E-state index contributed by atoms with van der Waals surface area (Å²) in [5, 5.41) is 3.20. The third-order valence-electron chi connectivity index (χ3n) is 1.77. The van der Waals surface area contributed by atoms with Crippen molar-refractivity contribution in [3.8, 4) is 0 Å². The van der Waals surface area contributed by atoms with Gasteiger partial charge in [-0.25, -0.2) is 0 Å². The van der Waals surface area contributed by atoms with Crippen molar-refractivity contribution < 1.29 is 13.0 Å². The first-order valence-electron chi connectivity index (χ1n) is 3.84. The molecule has 0 aromatic carbocycles. The summed E-state index contributed by atoms with van der Waals surface area (Å²) in [7, 11) is -2.19. The van der Waals surface area contributed by atoms with E-state index in [1.165, 1.54) is 6.92 Å². The van der Waals surface area contributed by atoms with E-state index < -0.39 is 15.4 Å². The summed E-state index contributed by atoms with van der Waals surface area (Å²) in [6.07, 6.45) is 1.96. The zero-order valence-corrected chi connectivity index (χ0v) is 9.55. The Kier molecular flexibility index (Phi) is 4.57. The van der Waals surface area contributed by atoms with Crippen LogP contribution in [0.5, 0.6) is 0 Å². The minimum atomic E-state index is -3.94. The second-order valence-corrected chi connectivity index (χ2v) is 4.85. The minimum Gasteiger partial charge on any atom is -0.285 e. The van der Waals surface area contributed by atoms with Gasteiger partial charge in [0.05, 0.1) is 10.9 Å². The van der Waals surface area contributed by atoms with Crippen LogP contribution in [0.3, 0.4) is 0 Å². The van der Waals surface area contributed by atoms with Crippen molar-refractivity contribution in [2.24, 2.45) is 7.05 Å². The van der Waals surface area contributed by atoms with Gasteiger partial charge in [0.1, 0.15) is 0 Å². The van der Waals surface area contributed by atoms with Crippen LogP contribution in [0.1, 0.15) is 12.6 Å². The van der Waals surface area contributed by atoms with Crippen LogP contribution in [0.15, 0.2) is 12.3 Å². The van der Waals surface area contributed by atoms with E-state index in [-0.39, 0.29) is 18.8 Å². The molecule has 0 saturated carbocycles. The molecule has 5 nitrogen and oxygen atoms in total. The fraction of sp³-hybridized carbons (Fsp3) is 0.571. The van der Waals surface area contributed by atoms with Crippen molar-refractivity contribution in [2.75, 3.05) is 0 Å². The lowest BCUT2D eigenvalue weighted by molar-refractivity contribution is 0.469. The highest BCUT2D eigenvalue weighted by atomic mass is 35.5. The molecule has 1 atom stereocenters. The number of aryl methyl sites for hydroxylation is 1. The first-order valence-corrected chi connectivity index (χ1v) is 5.35. The van der Waals surface area contributed by atoms with Crippen LogP contribution >= 0.6 is 12.4 Å². The maximum Gasteiger partial charge on any atom is 0.267 e. The van der Waals surface area contributed by atoms with Gasteiger partial charge in [-0.15, -0.1) is 12.4 Å². The van der Waals surface area contributed by atoms with E-state index in [2.05, 4.69) is 5.10 Å². The standard InChI is InChI=1S/C7H12N2O3S.ClH/c1-6(13(10,11)12)5-7-3-4-9(2)8-7;/h3-4,6H,5H2,1-2H3,(H,10,11,12);1H. The van der Waals surface area contributed by atoms with Crippen molar-refractivity contribution in [1.82, 2.24) is 9.78 Å². The van der Waals surface area contributed by atoms with Crippen molar-refractivity contribution in [3.63, 3.8) is 0 Å². The third kappa shape index (κ3) is 3.65. The van der Waals surface area contributed by atoms with Gasteiger partial charge >= 0.3 is 0 Å². The molecule has 1 unspecified atom stereocenters. The summed E-state index contributed by atoms with van der Waals surface area (Å²) >= 11 is 0. The van der Waals surface area contributed by atoms with E-state index in [1.54, 1.807) is 24.0 Å². The monoisotopic (exact) mass is 240 g/mol. The number of rotatable bonds is 3. The molecule has 82 valence electrons. The largest absolute Gasteiger partial charge is 0.285 e. The number of hydrogen-bond acceptors (Lipinski definition) is 3. The normalized spacial score (nSPS) is 13.4. The Hall–Kier alpha value is -0.590. The van der Waals surface area contributed by atoms with Gasteiger partial charge in [0.25, 0.3) is 10.1 Å². The maximum atomic E-state index is 10.7. The minimum absolute atomic E-state index is 0. The predicted octanol–water partition coefficient (Wildman–Crippen LogP) is 0.661. The Morgan fingerprint density at radius 3 is 2.57 bits per heavy atom. The summed E-state index contributed by atoms with van der Waals surface area (Å²) < 4.78 is 31.6. The van der Waals surface area contributed by atoms with E-state index in [4.69, 9.17) is 4.55 Å². The van der Waals surface area contributed by atoms with Crippen molar-refractivity contribution >= 4 is 22.5 Å². The SMILES string of the molecule is CC(Cc1ccn(C)n1)S(=O)(=O)O.Cl. The van der Waals surface area contributed by atoms with Gasteiger partial charge in [-0.2, -0.15) is 13.5 Å². The molecule has 1 aromatic rings. The van der Waals surface area contributed by atoms with Crippen LogP contribution in [0.25, 0.3) is 0 Å². The van der Waals surface area contributed by atoms with E-state index >= 15 is 0 Å². The second kappa shape index (κ2) is 4.77. The molecular formula is C7H13ClN2O3S. The molecule has 1 aromatic heterocycles. The number of nitrogens with zero attached hydrogens (tertiary/aromatic N) is 2. The van der Waals surface area contributed by atoms with Gasteiger partial charge < -0.3 is 0 Å². The Bertz CT molecular complexity index is 387. The molecule has 0 fully saturated rings. The number of hydrogen-bond donors (Lipinski definition) is 1. The van der Waals surface area contributed by atoms with Gasteiger partial charge in [0.15, 0.2) is 0 Å². The zero-order valence-electron chi connectivity index (χ0n) is 7.91. The molecule has 0 spiro atoms. The molecule has 0 radical (unpaired) electrons. The molecule has 0 aliphatic heterocycles. The second-order valence-electron chi connectivity index (χ2n) is 3.01. The Balaban J connectivity index is 0.00000169. The highest BCUT2D eigenvalue weighted by Crippen LogP contribution is 2.06. The first-order chi connectivity index (χ1) is 5.89. The first kappa shape index (κ1) is 13.4. The van der Waals surface area contributed by atoms with E-state index in [0.717, 1.165) is 0 Å². The molecule has 1 N–H and O–H groups in total. The lowest BCUT2D eigenvalue weighted by atomic mass is 10.2. The molecule has 1 rings (SSSR count). The summed E-state index contributed by atoms with van der Waals surface area (Å²) in [5.41, 5.74) is 0.660. The lowest BCUT2D eigenvalue weighted by Crippen LogP contribution is -2.19. The fourth-order valence-corrected chi connectivity index (χ4v) is 1.35. The molecule has 0 amide bonds. The van der Waals surface area contributed by atoms with Gasteiger partial charge in [0.2, 0.25) is 0 Å². The molecule has 0 aliphatic carbocycles. The Morgan fingerprint density at radius 1 is 1.64 bits per heavy atom. The smallest absolute Gasteiger partial charge is 0.267 e. The molecule has 0 aliphatic rings. The van der Waals surface area contributed by atoms with Crippen molar-refractivity contribution in [2.45, 2.75) is 18.6 Å². The zero-order chi connectivity index (χ0) is 10.1. The molecular weight excluding hydrogens is 228 g/mol. The molecule has 7 heteroatoms. The van der Waals surface area contributed by atoms with Crippen LogP contribution in [0.2, 0.25) is 0 Å². The maximum absolute atomic E-state index is 10.7. The summed E-state index contributed by atoms with van der Waals surface area (Å²) in [6, 6.07) is 1.72.